The summed E-state index contributed by atoms with van der Waals surface area (Å²) in [7, 11) is 0. The van der Waals surface area contributed by atoms with Gasteiger partial charge < -0.3 is 40.3 Å². The number of unbranched alkanes of at least 4 members (excludes halogenated alkanes) is 26. The molecule has 0 aromatic carbocycles. The fraction of sp³-hybridized carbons (Fsp3) is 0.800. The SMILES string of the molecule is CCCCCCCCCC/C=C/CC/C=C/CC/C=C/C(O)C(COC1OC(CO)C(O)C(O)C1O)NC(=O)CCCCCCCCC/C=C\C/C=C\CCCCCCCCCCC. The first-order valence-electron chi connectivity index (χ1n) is 26.5. The standard InChI is InChI=1S/C55H99NO8/c1-3-5-7-9-11-13-15-17-19-21-23-24-25-26-27-29-31-33-35-37-39-41-43-45-51(59)56-48(47-63-55-54(62)53(61)52(60)50(46-57)64-55)49(58)44-42-40-38-36-34-32-30-28-22-20-18-16-14-12-10-8-6-4-2/h22-24,26-28,34,36,42,44,48-50,52-55,57-58,60-62H,3-21,25,29-33,35,37-41,43,45-47H2,1-2H3,(H,56,59)/b24-23-,27-26-,28-22+,36-34+,44-42+. The molecule has 1 aliphatic heterocycles. The smallest absolute Gasteiger partial charge is 0.220 e. The predicted molar refractivity (Wildman–Crippen MR) is 267 cm³/mol. The second-order valence-electron chi connectivity index (χ2n) is 18.3. The van der Waals surface area contributed by atoms with Gasteiger partial charge in [0, 0.05) is 6.42 Å². The summed E-state index contributed by atoms with van der Waals surface area (Å²) in [6.45, 7) is 3.75. The first-order chi connectivity index (χ1) is 31.3. The topological polar surface area (TPSA) is 149 Å². The first kappa shape index (κ1) is 59.9. The van der Waals surface area contributed by atoms with E-state index in [1.54, 1.807) is 6.08 Å². The molecule has 1 heterocycles. The molecule has 7 atom stereocenters. The van der Waals surface area contributed by atoms with E-state index in [4.69, 9.17) is 9.47 Å². The van der Waals surface area contributed by atoms with E-state index in [2.05, 4.69) is 67.8 Å². The summed E-state index contributed by atoms with van der Waals surface area (Å²) >= 11 is 0. The minimum Gasteiger partial charge on any atom is -0.394 e. The van der Waals surface area contributed by atoms with Crippen molar-refractivity contribution in [2.24, 2.45) is 0 Å². The van der Waals surface area contributed by atoms with E-state index in [9.17, 15) is 30.3 Å². The molecule has 9 nitrogen and oxygen atoms in total. The number of nitrogens with one attached hydrogen (secondary N) is 1. The van der Waals surface area contributed by atoms with Crippen LogP contribution in [-0.2, 0) is 14.3 Å². The zero-order valence-electron chi connectivity index (χ0n) is 41.0. The molecule has 1 aliphatic rings. The van der Waals surface area contributed by atoms with Gasteiger partial charge in [0.15, 0.2) is 6.29 Å². The van der Waals surface area contributed by atoms with Crippen molar-refractivity contribution < 1.29 is 39.8 Å². The van der Waals surface area contributed by atoms with Crippen molar-refractivity contribution in [1.82, 2.24) is 5.32 Å². The van der Waals surface area contributed by atoms with Crippen LogP contribution in [0, 0.1) is 0 Å². The lowest BCUT2D eigenvalue weighted by atomic mass is 9.99. The summed E-state index contributed by atoms with van der Waals surface area (Å²) < 4.78 is 11.2. The molecule has 0 spiro atoms. The average molecular weight is 902 g/mol. The molecule has 0 radical (unpaired) electrons. The Balaban J connectivity index is 2.32. The minimum atomic E-state index is -1.58. The molecule has 1 fully saturated rings. The molecule has 9 heteroatoms. The van der Waals surface area contributed by atoms with Gasteiger partial charge in [-0.15, -0.1) is 0 Å². The molecular weight excluding hydrogens is 803 g/mol. The summed E-state index contributed by atoms with van der Waals surface area (Å²) in [4.78, 5) is 13.0. The maximum Gasteiger partial charge on any atom is 0.220 e. The summed E-state index contributed by atoms with van der Waals surface area (Å²) in [6.07, 6.45) is 52.7. The quantitative estimate of drug-likeness (QED) is 0.0262. The van der Waals surface area contributed by atoms with Gasteiger partial charge in [-0.1, -0.05) is 203 Å². The summed E-state index contributed by atoms with van der Waals surface area (Å²) in [5.41, 5.74) is 0. The predicted octanol–water partition coefficient (Wildman–Crippen LogP) is 12.3. The Morgan fingerprint density at radius 2 is 0.938 bits per heavy atom. The van der Waals surface area contributed by atoms with Gasteiger partial charge in [-0.05, 0) is 77.0 Å². The largest absolute Gasteiger partial charge is 0.394 e. The minimum absolute atomic E-state index is 0.199. The Labute approximate surface area is 392 Å². The highest BCUT2D eigenvalue weighted by atomic mass is 16.7. The van der Waals surface area contributed by atoms with Crippen LogP contribution in [0.1, 0.15) is 226 Å². The van der Waals surface area contributed by atoms with Crippen LogP contribution in [0.2, 0.25) is 0 Å². The van der Waals surface area contributed by atoms with Crippen molar-refractivity contribution in [1.29, 1.82) is 0 Å². The van der Waals surface area contributed by atoms with E-state index >= 15 is 0 Å². The van der Waals surface area contributed by atoms with Crippen molar-refractivity contribution in [2.45, 2.75) is 269 Å². The molecule has 0 aromatic heterocycles. The number of aliphatic hydroxyl groups excluding tert-OH is 5. The number of rotatable bonds is 44. The Bertz CT molecular complexity index is 1180. The molecule has 6 N–H and O–H groups in total. The van der Waals surface area contributed by atoms with Gasteiger partial charge in [-0.3, -0.25) is 4.79 Å². The molecule has 1 saturated heterocycles. The number of carbonyl (C=O) groups excluding carboxylic acids is 1. The van der Waals surface area contributed by atoms with Crippen LogP contribution in [0.4, 0.5) is 0 Å². The van der Waals surface area contributed by atoms with Crippen LogP contribution < -0.4 is 5.32 Å². The third-order valence-corrected chi connectivity index (χ3v) is 12.3. The Kier molecular flexibility index (Phi) is 41.9. The van der Waals surface area contributed by atoms with Crippen molar-refractivity contribution in [3.05, 3.63) is 60.8 Å². The van der Waals surface area contributed by atoms with Crippen LogP contribution in [0.25, 0.3) is 0 Å². The lowest BCUT2D eigenvalue weighted by molar-refractivity contribution is -0.302. The van der Waals surface area contributed by atoms with Gasteiger partial charge in [0.2, 0.25) is 5.91 Å². The van der Waals surface area contributed by atoms with Crippen molar-refractivity contribution in [3.63, 3.8) is 0 Å². The normalized spacial score (nSPS) is 20.5. The van der Waals surface area contributed by atoms with Crippen LogP contribution in [0.3, 0.4) is 0 Å². The Morgan fingerprint density at radius 1 is 0.531 bits per heavy atom. The number of allylic oxidation sites excluding steroid dienone is 9. The van der Waals surface area contributed by atoms with Crippen LogP contribution in [-0.4, -0.2) is 87.5 Å². The molecule has 0 aromatic rings. The van der Waals surface area contributed by atoms with Crippen molar-refractivity contribution >= 4 is 5.91 Å². The lowest BCUT2D eigenvalue weighted by Crippen LogP contribution is -2.60. The first-order valence-corrected chi connectivity index (χ1v) is 26.5. The zero-order valence-corrected chi connectivity index (χ0v) is 41.0. The second-order valence-corrected chi connectivity index (χ2v) is 18.3. The highest BCUT2D eigenvalue weighted by Crippen LogP contribution is 2.23. The van der Waals surface area contributed by atoms with Crippen LogP contribution >= 0.6 is 0 Å². The fourth-order valence-corrected chi connectivity index (χ4v) is 8.04. The van der Waals surface area contributed by atoms with E-state index in [1.165, 1.54) is 135 Å². The third kappa shape index (κ3) is 34.2. The number of hydrogen-bond donors (Lipinski definition) is 6. The highest BCUT2D eigenvalue weighted by molar-refractivity contribution is 5.76. The van der Waals surface area contributed by atoms with E-state index in [-0.39, 0.29) is 12.5 Å². The number of carbonyl (C=O) groups is 1. The van der Waals surface area contributed by atoms with E-state index in [1.807, 2.05) is 6.08 Å². The summed E-state index contributed by atoms with van der Waals surface area (Å²) in [6, 6.07) is -0.834. The Hall–Kier alpha value is -2.11. The summed E-state index contributed by atoms with van der Waals surface area (Å²) in [5, 5.41) is 54.3. The van der Waals surface area contributed by atoms with Gasteiger partial charge in [0.05, 0.1) is 25.4 Å². The monoisotopic (exact) mass is 902 g/mol. The molecule has 0 bridgehead atoms. The lowest BCUT2D eigenvalue weighted by Gasteiger charge is -2.40. The van der Waals surface area contributed by atoms with Gasteiger partial charge >= 0.3 is 0 Å². The van der Waals surface area contributed by atoms with E-state index in [0.29, 0.717) is 6.42 Å². The molecule has 0 saturated carbocycles. The molecule has 1 amide bonds. The van der Waals surface area contributed by atoms with Crippen molar-refractivity contribution in [2.75, 3.05) is 13.2 Å². The molecule has 1 rings (SSSR count). The van der Waals surface area contributed by atoms with Gasteiger partial charge in [-0.2, -0.15) is 0 Å². The molecule has 0 aliphatic carbocycles. The maximum atomic E-state index is 13.0. The zero-order chi connectivity index (χ0) is 46.6. The molecule has 372 valence electrons. The van der Waals surface area contributed by atoms with Gasteiger partial charge in [-0.25, -0.2) is 0 Å². The average Bonchev–Trinajstić information content (AvgIpc) is 3.29. The maximum absolute atomic E-state index is 13.0. The van der Waals surface area contributed by atoms with Gasteiger partial charge in [0.1, 0.15) is 24.4 Å². The number of amides is 1. The number of aliphatic hydroxyl groups is 5. The second kappa shape index (κ2) is 44.7. The van der Waals surface area contributed by atoms with Crippen molar-refractivity contribution in [3.8, 4) is 0 Å². The van der Waals surface area contributed by atoms with Gasteiger partial charge in [0.25, 0.3) is 0 Å². The fourth-order valence-electron chi connectivity index (χ4n) is 8.04. The third-order valence-electron chi connectivity index (χ3n) is 12.3. The van der Waals surface area contributed by atoms with E-state index < -0.39 is 49.5 Å². The summed E-state index contributed by atoms with van der Waals surface area (Å²) in [5.74, 6) is -0.199. The number of ether oxygens (including phenoxy) is 2. The van der Waals surface area contributed by atoms with Crippen LogP contribution in [0.15, 0.2) is 60.8 Å². The number of hydrogen-bond acceptors (Lipinski definition) is 8. The highest BCUT2D eigenvalue weighted by Gasteiger charge is 2.44. The van der Waals surface area contributed by atoms with Crippen LogP contribution in [0.5, 0.6) is 0 Å². The Morgan fingerprint density at radius 3 is 1.41 bits per heavy atom. The molecule has 64 heavy (non-hydrogen) atoms. The molecular formula is C55H99NO8. The van der Waals surface area contributed by atoms with E-state index in [0.717, 1.165) is 70.6 Å². The molecule has 7 unspecified atom stereocenters.